The summed E-state index contributed by atoms with van der Waals surface area (Å²) in [5, 5.41) is 18.5. The largest absolute Gasteiger partial charge is 0.0801 e. The highest BCUT2D eigenvalue weighted by Crippen LogP contribution is 2.47. The molecule has 7 aromatic rings. The van der Waals surface area contributed by atoms with Gasteiger partial charge in [-0.2, -0.15) is 0 Å². The fourth-order valence-electron chi connectivity index (χ4n) is 8.82. The summed E-state index contributed by atoms with van der Waals surface area (Å²) >= 11 is 0. The lowest BCUT2D eigenvalue weighted by atomic mass is 9.64. The van der Waals surface area contributed by atoms with Gasteiger partial charge in [0, 0.05) is 0 Å². The minimum atomic E-state index is -0.292. The van der Waals surface area contributed by atoms with E-state index < -0.39 is 0 Å². The van der Waals surface area contributed by atoms with E-state index in [1.54, 1.807) is 0 Å². The molecule has 0 heteroatoms. The van der Waals surface area contributed by atoms with E-state index in [9.17, 15) is 0 Å². The van der Waals surface area contributed by atoms with Crippen LogP contribution in [-0.2, 0) is 6.42 Å². The second-order valence-electron chi connectivity index (χ2n) is 13.3. The summed E-state index contributed by atoms with van der Waals surface area (Å²) in [7, 11) is 0. The monoisotopic (exact) mass is 580 g/mol. The number of rotatable bonds is 0. The van der Waals surface area contributed by atoms with E-state index in [1.165, 1.54) is 97.0 Å². The topological polar surface area (TPSA) is 0 Å². The smallest absolute Gasteiger partial charge is 0.0581 e. The Morgan fingerprint density at radius 2 is 1.26 bits per heavy atom. The van der Waals surface area contributed by atoms with Gasteiger partial charge in [-0.1, -0.05) is 121 Å². The van der Waals surface area contributed by atoms with Crippen molar-refractivity contribution < 1.29 is 0 Å². The molecule has 0 saturated heterocycles. The highest BCUT2D eigenvalue weighted by molar-refractivity contribution is 6.14. The first-order valence-corrected chi connectivity index (χ1v) is 16.3. The highest BCUT2D eigenvalue weighted by Gasteiger charge is 2.38. The maximum atomic E-state index is 2.56. The molecule has 0 bridgehead atoms. The van der Waals surface area contributed by atoms with Crippen molar-refractivity contribution in [2.24, 2.45) is 5.41 Å². The van der Waals surface area contributed by atoms with Gasteiger partial charge in [0.05, 0.1) is 5.41 Å². The Kier molecular flexibility index (Phi) is 4.66. The first-order chi connectivity index (χ1) is 22.7. The summed E-state index contributed by atoms with van der Waals surface area (Å²) in [4.78, 5) is 0. The van der Waals surface area contributed by atoms with E-state index in [4.69, 9.17) is 0 Å². The third-order valence-corrected chi connectivity index (χ3v) is 11.0. The molecule has 46 heavy (non-hydrogen) atoms. The van der Waals surface area contributed by atoms with Gasteiger partial charge in [0.1, 0.15) is 0 Å². The third kappa shape index (κ3) is 3.13. The standard InChI is InChI=1S/C46H28/c1-2-10-34-28(9-1)16-17-29-21-31-22-30-18-19-39-43(41(30)24-32(31)23-40(29)34)26-33-25-42-37-13-5-3-11-35(37)36-12-4-6-14-38(36)44(42)27-46(33)20-8-7-15-45(39)46/h1-12,14-27H,13H2. The van der Waals surface area contributed by atoms with Crippen molar-refractivity contribution in [3.8, 4) is 0 Å². The van der Waals surface area contributed by atoms with Crippen molar-refractivity contribution >= 4 is 83.7 Å². The molecule has 0 aromatic heterocycles. The molecule has 1 spiro atoms. The van der Waals surface area contributed by atoms with Crippen molar-refractivity contribution in [3.05, 3.63) is 171 Å². The molecule has 1 unspecified atom stereocenters. The van der Waals surface area contributed by atoms with Gasteiger partial charge in [-0.05, 0) is 140 Å². The fraction of sp³-hybridized carbons (Fsp3) is 0.0435. The molecule has 0 amide bonds. The van der Waals surface area contributed by atoms with Crippen LogP contribution >= 0.6 is 0 Å². The zero-order valence-corrected chi connectivity index (χ0v) is 25.2. The summed E-state index contributed by atoms with van der Waals surface area (Å²) in [5.74, 6) is 0. The predicted molar refractivity (Wildman–Crippen MR) is 197 cm³/mol. The lowest BCUT2D eigenvalue weighted by Crippen LogP contribution is -2.41. The molecule has 7 aromatic carbocycles. The van der Waals surface area contributed by atoms with Crippen LogP contribution in [-0.4, -0.2) is 0 Å². The minimum Gasteiger partial charge on any atom is -0.0801 e. The Morgan fingerprint density at radius 1 is 0.522 bits per heavy atom. The number of hydrogen-bond donors (Lipinski definition) is 0. The van der Waals surface area contributed by atoms with Crippen LogP contribution < -0.4 is 20.9 Å². The number of benzene rings is 7. The first kappa shape index (κ1) is 24.6. The molecular formula is C46H28. The van der Waals surface area contributed by atoms with Gasteiger partial charge in [0.15, 0.2) is 0 Å². The SMILES string of the molecule is C1=CCc2c3c(c4ccccc4c2=C1)=CC12C=CC=CC1=c1ccc4cc5cc6ccc7ccccc7c6cc5cc4c1=CC2=C3. The third-order valence-electron chi connectivity index (χ3n) is 11.0. The Hall–Kier alpha value is -5.72. The molecule has 0 nitrogen and oxygen atoms in total. The molecule has 1 atom stereocenters. The van der Waals surface area contributed by atoms with E-state index in [1.807, 2.05) is 0 Å². The van der Waals surface area contributed by atoms with Crippen molar-refractivity contribution in [2.45, 2.75) is 6.42 Å². The van der Waals surface area contributed by atoms with E-state index >= 15 is 0 Å². The molecule has 0 fully saturated rings. The van der Waals surface area contributed by atoms with Gasteiger partial charge < -0.3 is 0 Å². The fourth-order valence-corrected chi connectivity index (χ4v) is 8.82. The molecular weight excluding hydrogens is 553 g/mol. The summed E-state index contributed by atoms with van der Waals surface area (Å²) in [6.45, 7) is 0. The van der Waals surface area contributed by atoms with Crippen LogP contribution in [0.15, 0.2) is 139 Å². The minimum absolute atomic E-state index is 0.292. The average Bonchev–Trinajstić information content (AvgIpc) is 3.11. The van der Waals surface area contributed by atoms with E-state index in [0.29, 0.717) is 0 Å². The van der Waals surface area contributed by atoms with E-state index in [2.05, 4.69) is 158 Å². The first-order valence-electron chi connectivity index (χ1n) is 16.3. The van der Waals surface area contributed by atoms with Crippen molar-refractivity contribution in [3.63, 3.8) is 0 Å². The second-order valence-corrected chi connectivity index (χ2v) is 13.3. The molecule has 0 heterocycles. The van der Waals surface area contributed by atoms with Gasteiger partial charge in [0.25, 0.3) is 0 Å². The molecule has 4 aliphatic carbocycles. The summed E-state index contributed by atoms with van der Waals surface area (Å²) in [5.41, 5.74) is 5.24. The van der Waals surface area contributed by atoms with Crippen molar-refractivity contribution in [1.29, 1.82) is 0 Å². The predicted octanol–water partition coefficient (Wildman–Crippen LogP) is 8.28. The zero-order valence-electron chi connectivity index (χ0n) is 25.2. The highest BCUT2D eigenvalue weighted by atomic mass is 14.4. The van der Waals surface area contributed by atoms with Crippen molar-refractivity contribution in [2.75, 3.05) is 0 Å². The van der Waals surface area contributed by atoms with Crippen LogP contribution in [0.2, 0.25) is 0 Å². The van der Waals surface area contributed by atoms with Gasteiger partial charge in [0.2, 0.25) is 0 Å². The normalized spacial score (nSPS) is 18.8. The summed E-state index contributed by atoms with van der Waals surface area (Å²) in [6, 6.07) is 36.5. The number of fused-ring (bicyclic) bond motifs is 13. The van der Waals surface area contributed by atoms with Crippen LogP contribution in [0.3, 0.4) is 0 Å². The van der Waals surface area contributed by atoms with Crippen LogP contribution in [0.4, 0.5) is 0 Å². The van der Waals surface area contributed by atoms with Gasteiger partial charge in [-0.25, -0.2) is 0 Å². The van der Waals surface area contributed by atoms with Gasteiger partial charge in [-0.15, -0.1) is 0 Å². The molecule has 4 aliphatic rings. The second kappa shape index (κ2) is 8.71. The Balaban J connectivity index is 1.26. The zero-order chi connectivity index (χ0) is 30.0. The Bertz CT molecular complexity index is 2980. The summed E-state index contributed by atoms with van der Waals surface area (Å²) < 4.78 is 0. The average molecular weight is 581 g/mol. The Morgan fingerprint density at radius 3 is 2.17 bits per heavy atom. The molecule has 0 saturated carbocycles. The Labute approximate surface area is 265 Å². The van der Waals surface area contributed by atoms with Crippen LogP contribution in [0.5, 0.6) is 0 Å². The molecule has 11 rings (SSSR count). The lowest BCUT2D eigenvalue weighted by Gasteiger charge is -2.38. The maximum Gasteiger partial charge on any atom is 0.0581 e. The van der Waals surface area contributed by atoms with Crippen LogP contribution in [0.25, 0.3) is 83.7 Å². The van der Waals surface area contributed by atoms with E-state index in [0.717, 1.165) is 6.42 Å². The van der Waals surface area contributed by atoms with Crippen LogP contribution in [0.1, 0.15) is 11.1 Å². The molecule has 212 valence electrons. The molecule has 0 radical (unpaired) electrons. The van der Waals surface area contributed by atoms with Crippen molar-refractivity contribution in [1.82, 2.24) is 0 Å². The van der Waals surface area contributed by atoms with Gasteiger partial charge in [-0.3, -0.25) is 0 Å². The van der Waals surface area contributed by atoms with Gasteiger partial charge >= 0.3 is 0 Å². The number of hydrogen-bond acceptors (Lipinski definition) is 0. The maximum absolute atomic E-state index is 2.56. The van der Waals surface area contributed by atoms with E-state index in [-0.39, 0.29) is 5.41 Å². The molecule has 0 N–H and O–H groups in total. The summed E-state index contributed by atoms with van der Waals surface area (Å²) in [6.07, 6.45) is 24.6. The lowest BCUT2D eigenvalue weighted by molar-refractivity contribution is 0.850. The number of allylic oxidation sites excluding steroid dienone is 7. The molecule has 0 aliphatic heterocycles. The quantitative estimate of drug-likeness (QED) is 0.125. The van der Waals surface area contributed by atoms with Crippen LogP contribution in [0, 0.1) is 5.41 Å².